The number of phenolic OH excluding ortho intramolecular Hbond substituents is 2. The van der Waals surface area contributed by atoms with Crippen molar-refractivity contribution in [2.45, 2.75) is 25.9 Å². The topological polar surface area (TPSA) is 52.5 Å². The quantitative estimate of drug-likeness (QED) is 0.648. The number of phenols is 2. The van der Waals surface area contributed by atoms with Gasteiger partial charge in [-0.2, -0.15) is 0 Å². The Labute approximate surface area is 90.1 Å². The van der Waals surface area contributed by atoms with Crippen molar-refractivity contribution in [1.82, 2.24) is 5.32 Å². The molecule has 0 aliphatic carbocycles. The Morgan fingerprint density at radius 1 is 1.47 bits per heavy atom. The molecule has 0 aromatic heterocycles. The highest BCUT2D eigenvalue weighted by atomic mass is 16.3. The molecule has 1 rings (SSSR count). The molecule has 0 aliphatic rings. The molecule has 1 aromatic rings. The Balaban J connectivity index is 2.54. The highest BCUT2D eigenvalue weighted by Gasteiger charge is 2.03. The van der Waals surface area contributed by atoms with Crippen LogP contribution in [0.15, 0.2) is 30.9 Å². The first kappa shape index (κ1) is 11.6. The number of nitrogens with one attached hydrogen (secondary N) is 1. The molecule has 1 atom stereocenters. The molecular weight excluding hydrogens is 190 g/mol. The number of hydrogen-bond acceptors (Lipinski definition) is 3. The van der Waals surface area contributed by atoms with Gasteiger partial charge in [-0.15, -0.1) is 6.58 Å². The van der Waals surface area contributed by atoms with E-state index in [1.165, 1.54) is 6.07 Å². The largest absolute Gasteiger partial charge is 0.508 e. The van der Waals surface area contributed by atoms with Gasteiger partial charge in [0.1, 0.15) is 11.5 Å². The zero-order valence-electron chi connectivity index (χ0n) is 8.90. The van der Waals surface area contributed by atoms with Gasteiger partial charge in [-0.25, -0.2) is 0 Å². The van der Waals surface area contributed by atoms with Crippen LogP contribution in [0.4, 0.5) is 0 Å². The first-order valence-electron chi connectivity index (χ1n) is 4.98. The van der Waals surface area contributed by atoms with Gasteiger partial charge in [0, 0.05) is 24.2 Å². The molecule has 1 aromatic carbocycles. The minimum Gasteiger partial charge on any atom is -0.508 e. The summed E-state index contributed by atoms with van der Waals surface area (Å²) in [6, 6.07) is 4.94. The SMILES string of the molecule is C=CCC(C)NCc1ccc(O)cc1O. The molecule has 0 saturated heterocycles. The molecular formula is C12H17NO2. The van der Waals surface area contributed by atoms with Gasteiger partial charge in [-0.05, 0) is 19.4 Å². The summed E-state index contributed by atoms with van der Waals surface area (Å²) in [5.41, 5.74) is 0.781. The monoisotopic (exact) mass is 207 g/mol. The smallest absolute Gasteiger partial charge is 0.123 e. The maximum atomic E-state index is 9.51. The lowest BCUT2D eigenvalue weighted by Gasteiger charge is -2.12. The van der Waals surface area contributed by atoms with E-state index in [0.29, 0.717) is 12.6 Å². The van der Waals surface area contributed by atoms with Crippen LogP contribution in [0.5, 0.6) is 11.5 Å². The van der Waals surface area contributed by atoms with E-state index in [-0.39, 0.29) is 11.5 Å². The second kappa shape index (κ2) is 5.41. The minimum absolute atomic E-state index is 0.0791. The first-order chi connectivity index (χ1) is 7.13. The number of rotatable bonds is 5. The summed E-state index contributed by atoms with van der Waals surface area (Å²) in [6.45, 7) is 6.30. The molecule has 0 radical (unpaired) electrons. The van der Waals surface area contributed by atoms with Gasteiger partial charge in [0.25, 0.3) is 0 Å². The molecule has 15 heavy (non-hydrogen) atoms. The Kier molecular flexibility index (Phi) is 4.18. The van der Waals surface area contributed by atoms with Crippen molar-refractivity contribution in [3.05, 3.63) is 36.4 Å². The maximum absolute atomic E-state index is 9.51. The van der Waals surface area contributed by atoms with Crippen LogP contribution in [0.2, 0.25) is 0 Å². The van der Waals surface area contributed by atoms with E-state index >= 15 is 0 Å². The van der Waals surface area contributed by atoms with E-state index < -0.39 is 0 Å². The zero-order valence-corrected chi connectivity index (χ0v) is 8.90. The Bertz CT molecular complexity index is 336. The van der Waals surface area contributed by atoms with E-state index in [0.717, 1.165) is 12.0 Å². The molecule has 0 saturated carbocycles. The van der Waals surface area contributed by atoms with Crippen LogP contribution in [-0.2, 0) is 6.54 Å². The maximum Gasteiger partial charge on any atom is 0.123 e. The number of benzene rings is 1. The van der Waals surface area contributed by atoms with Crippen molar-refractivity contribution < 1.29 is 10.2 Å². The minimum atomic E-state index is 0.0791. The van der Waals surface area contributed by atoms with Crippen LogP contribution in [0, 0.1) is 0 Å². The van der Waals surface area contributed by atoms with Gasteiger partial charge >= 0.3 is 0 Å². The van der Waals surface area contributed by atoms with E-state index in [1.807, 2.05) is 6.08 Å². The van der Waals surface area contributed by atoms with E-state index in [9.17, 15) is 5.11 Å². The average molecular weight is 207 g/mol. The molecule has 0 amide bonds. The van der Waals surface area contributed by atoms with Gasteiger partial charge in [-0.1, -0.05) is 12.1 Å². The predicted octanol–water partition coefficient (Wildman–Crippen LogP) is 2.15. The third-order valence-electron chi connectivity index (χ3n) is 2.23. The summed E-state index contributed by atoms with van der Waals surface area (Å²) in [6.07, 6.45) is 2.74. The summed E-state index contributed by atoms with van der Waals surface area (Å²) in [5, 5.41) is 21.9. The second-order valence-electron chi connectivity index (χ2n) is 3.62. The first-order valence-corrected chi connectivity index (χ1v) is 4.98. The zero-order chi connectivity index (χ0) is 11.3. The highest BCUT2D eigenvalue weighted by Crippen LogP contribution is 2.22. The molecule has 3 heteroatoms. The third kappa shape index (κ3) is 3.64. The molecule has 0 aliphatic heterocycles. The molecule has 1 unspecified atom stereocenters. The van der Waals surface area contributed by atoms with Crippen molar-refractivity contribution in [2.75, 3.05) is 0 Å². The van der Waals surface area contributed by atoms with E-state index in [4.69, 9.17) is 5.11 Å². The Hall–Kier alpha value is -1.48. The summed E-state index contributed by atoms with van der Waals surface area (Å²) in [4.78, 5) is 0. The molecule has 3 N–H and O–H groups in total. The van der Waals surface area contributed by atoms with Crippen LogP contribution in [0.25, 0.3) is 0 Å². The van der Waals surface area contributed by atoms with Gasteiger partial charge in [-0.3, -0.25) is 0 Å². The fourth-order valence-corrected chi connectivity index (χ4v) is 1.32. The summed E-state index contributed by atoms with van der Waals surface area (Å²) >= 11 is 0. The third-order valence-corrected chi connectivity index (χ3v) is 2.23. The predicted molar refractivity (Wildman–Crippen MR) is 60.9 cm³/mol. The number of hydrogen-bond donors (Lipinski definition) is 3. The summed E-state index contributed by atoms with van der Waals surface area (Å²) < 4.78 is 0. The van der Waals surface area contributed by atoms with Gasteiger partial charge < -0.3 is 15.5 Å². The van der Waals surface area contributed by atoms with Crippen LogP contribution in [0.1, 0.15) is 18.9 Å². The second-order valence-corrected chi connectivity index (χ2v) is 3.62. The van der Waals surface area contributed by atoms with Crippen molar-refractivity contribution in [3.63, 3.8) is 0 Å². The van der Waals surface area contributed by atoms with E-state index in [2.05, 4.69) is 18.8 Å². The fourth-order valence-electron chi connectivity index (χ4n) is 1.32. The van der Waals surface area contributed by atoms with E-state index in [1.54, 1.807) is 12.1 Å². The van der Waals surface area contributed by atoms with Crippen molar-refractivity contribution >= 4 is 0 Å². The average Bonchev–Trinajstić information content (AvgIpc) is 2.17. The van der Waals surface area contributed by atoms with Gasteiger partial charge in [0.05, 0.1) is 0 Å². The van der Waals surface area contributed by atoms with Gasteiger partial charge in [0.15, 0.2) is 0 Å². The lowest BCUT2D eigenvalue weighted by Crippen LogP contribution is -2.24. The van der Waals surface area contributed by atoms with Crippen molar-refractivity contribution in [3.8, 4) is 11.5 Å². The Morgan fingerprint density at radius 3 is 2.80 bits per heavy atom. The Morgan fingerprint density at radius 2 is 2.20 bits per heavy atom. The molecule has 0 bridgehead atoms. The lowest BCUT2D eigenvalue weighted by atomic mass is 10.1. The molecule has 3 nitrogen and oxygen atoms in total. The van der Waals surface area contributed by atoms with Crippen molar-refractivity contribution in [1.29, 1.82) is 0 Å². The molecule has 0 spiro atoms. The van der Waals surface area contributed by atoms with Crippen LogP contribution >= 0.6 is 0 Å². The standard InChI is InChI=1S/C12H17NO2/c1-3-4-9(2)13-8-10-5-6-11(14)7-12(10)15/h3,5-7,9,13-15H,1,4,8H2,2H3. The lowest BCUT2D eigenvalue weighted by molar-refractivity contribution is 0.441. The molecule has 0 fully saturated rings. The van der Waals surface area contributed by atoms with Crippen LogP contribution in [-0.4, -0.2) is 16.3 Å². The fraction of sp³-hybridized carbons (Fsp3) is 0.333. The highest BCUT2D eigenvalue weighted by molar-refractivity contribution is 5.38. The van der Waals surface area contributed by atoms with Gasteiger partial charge in [0.2, 0.25) is 0 Å². The number of aromatic hydroxyl groups is 2. The van der Waals surface area contributed by atoms with Crippen LogP contribution in [0.3, 0.4) is 0 Å². The summed E-state index contributed by atoms with van der Waals surface area (Å²) in [5.74, 6) is 0.198. The molecule has 0 heterocycles. The van der Waals surface area contributed by atoms with Crippen LogP contribution < -0.4 is 5.32 Å². The van der Waals surface area contributed by atoms with Crippen molar-refractivity contribution in [2.24, 2.45) is 0 Å². The summed E-state index contributed by atoms with van der Waals surface area (Å²) in [7, 11) is 0. The normalized spacial score (nSPS) is 12.3. The molecule has 82 valence electrons.